The van der Waals surface area contributed by atoms with Crippen molar-refractivity contribution in [3.05, 3.63) is 0 Å². The first kappa shape index (κ1) is 19.0. The van der Waals surface area contributed by atoms with Gasteiger partial charge in [-0.2, -0.15) is 0 Å². The Morgan fingerprint density at radius 3 is 2.35 bits per heavy atom. The molecule has 1 amide bonds. The van der Waals surface area contributed by atoms with Crippen LogP contribution in [0.3, 0.4) is 0 Å². The highest BCUT2D eigenvalue weighted by molar-refractivity contribution is 6.83. The minimum absolute atomic E-state index is 0.0913. The summed E-state index contributed by atoms with van der Waals surface area (Å²) in [5.74, 6) is 3.24. The highest BCUT2D eigenvalue weighted by atomic mass is 28.3. The minimum Gasteiger partial charge on any atom is -0.444 e. The quantitative estimate of drug-likeness (QED) is 0.605. The van der Waals surface area contributed by atoms with Crippen molar-refractivity contribution in [2.24, 2.45) is 0 Å². The third-order valence-electron chi connectivity index (χ3n) is 2.44. The second-order valence-corrected chi connectivity index (χ2v) is 12.0. The van der Waals surface area contributed by atoms with Crippen LogP contribution < -0.4 is 5.32 Å². The SMILES string of the molecule is CCCC[C@@H](CC#C[Si](C)(C)C)NC(=O)OC(C)(C)C. The van der Waals surface area contributed by atoms with Gasteiger partial charge in [-0.25, -0.2) is 4.79 Å². The summed E-state index contributed by atoms with van der Waals surface area (Å²) in [6, 6.07) is 0.0913. The van der Waals surface area contributed by atoms with Crippen molar-refractivity contribution >= 4 is 14.2 Å². The van der Waals surface area contributed by atoms with E-state index in [0.717, 1.165) is 19.3 Å². The highest BCUT2D eigenvalue weighted by Gasteiger charge is 2.19. The van der Waals surface area contributed by atoms with Gasteiger partial charge in [-0.3, -0.25) is 0 Å². The molecule has 0 rings (SSSR count). The first-order valence-corrected chi connectivity index (χ1v) is 11.0. The lowest BCUT2D eigenvalue weighted by atomic mass is 10.1. The molecule has 0 bridgehead atoms. The molecule has 0 aliphatic heterocycles. The standard InChI is InChI=1S/C16H31NO2Si/c1-8-9-11-14(12-10-13-20(5,6)7)17-15(18)19-16(2,3)4/h14H,8-9,11-12H2,1-7H3,(H,17,18)/t14-/m0/s1. The van der Waals surface area contributed by atoms with Gasteiger partial charge in [-0.15, -0.1) is 11.5 Å². The fourth-order valence-corrected chi connectivity index (χ4v) is 2.22. The van der Waals surface area contributed by atoms with E-state index in [9.17, 15) is 4.79 Å². The molecule has 20 heavy (non-hydrogen) atoms. The number of alkyl carbamates (subject to hydrolysis) is 1. The third-order valence-corrected chi connectivity index (χ3v) is 3.37. The number of hydrogen-bond acceptors (Lipinski definition) is 2. The predicted molar refractivity (Wildman–Crippen MR) is 88.4 cm³/mol. The first-order chi connectivity index (χ1) is 9.03. The van der Waals surface area contributed by atoms with Crippen LogP contribution in [-0.2, 0) is 4.74 Å². The molecule has 4 heteroatoms. The van der Waals surface area contributed by atoms with Crippen LogP contribution in [0.15, 0.2) is 0 Å². The Hall–Kier alpha value is -0.953. The molecule has 3 nitrogen and oxygen atoms in total. The van der Waals surface area contributed by atoms with E-state index in [2.05, 4.69) is 43.3 Å². The van der Waals surface area contributed by atoms with Gasteiger partial charge < -0.3 is 10.1 Å². The topological polar surface area (TPSA) is 38.3 Å². The lowest BCUT2D eigenvalue weighted by Crippen LogP contribution is -2.39. The zero-order chi connectivity index (χ0) is 15.8. The minimum atomic E-state index is -1.34. The second-order valence-electron chi connectivity index (χ2n) is 7.24. The molecule has 0 fully saturated rings. The van der Waals surface area contributed by atoms with Gasteiger partial charge in [0, 0.05) is 12.5 Å². The van der Waals surface area contributed by atoms with Crippen molar-refractivity contribution in [3.63, 3.8) is 0 Å². The van der Waals surface area contributed by atoms with Gasteiger partial charge in [-0.1, -0.05) is 39.4 Å². The molecule has 0 unspecified atom stereocenters. The summed E-state index contributed by atoms with van der Waals surface area (Å²) in [6.45, 7) is 14.4. The zero-order valence-corrected chi connectivity index (χ0v) is 15.2. The van der Waals surface area contributed by atoms with E-state index in [4.69, 9.17) is 4.74 Å². The lowest BCUT2D eigenvalue weighted by Gasteiger charge is -2.22. The van der Waals surface area contributed by atoms with Crippen LogP contribution in [0.1, 0.15) is 53.4 Å². The van der Waals surface area contributed by atoms with E-state index < -0.39 is 13.7 Å². The van der Waals surface area contributed by atoms with E-state index in [1.54, 1.807) is 0 Å². The van der Waals surface area contributed by atoms with Crippen LogP contribution >= 0.6 is 0 Å². The number of carbonyl (C=O) groups excluding carboxylic acids is 1. The summed E-state index contributed by atoms with van der Waals surface area (Å²) in [7, 11) is -1.34. The van der Waals surface area contributed by atoms with Crippen molar-refractivity contribution in [1.82, 2.24) is 5.32 Å². The molecule has 0 saturated heterocycles. The molecule has 0 aromatic heterocycles. The Morgan fingerprint density at radius 1 is 1.30 bits per heavy atom. The van der Waals surface area contributed by atoms with Gasteiger partial charge in [0.1, 0.15) is 13.7 Å². The van der Waals surface area contributed by atoms with Gasteiger partial charge >= 0.3 is 6.09 Å². The van der Waals surface area contributed by atoms with Crippen molar-refractivity contribution in [2.45, 2.75) is 84.7 Å². The predicted octanol–water partition coefficient (Wildman–Crippen LogP) is 4.34. The summed E-state index contributed by atoms with van der Waals surface area (Å²) in [6.07, 6.45) is 3.54. The van der Waals surface area contributed by atoms with Crippen LogP contribution in [0.2, 0.25) is 19.6 Å². The average molecular weight is 298 g/mol. The summed E-state index contributed by atoms with van der Waals surface area (Å²) in [5, 5.41) is 2.95. The molecule has 0 radical (unpaired) electrons. The number of ether oxygens (including phenoxy) is 1. The largest absolute Gasteiger partial charge is 0.444 e. The molecule has 0 aliphatic rings. The Bertz CT molecular complexity index is 355. The number of hydrogen-bond donors (Lipinski definition) is 1. The number of unbranched alkanes of at least 4 members (excludes halogenated alkanes) is 1. The number of nitrogens with one attached hydrogen (secondary N) is 1. The smallest absolute Gasteiger partial charge is 0.407 e. The van der Waals surface area contributed by atoms with Gasteiger partial charge in [0.05, 0.1) is 0 Å². The molecule has 1 atom stereocenters. The maximum absolute atomic E-state index is 11.8. The molecule has 0 heterocycles. The van der Waals surface area contributed by atoms with E-state index in [1.165, 1.54) is 0 Å². The summed E-state index contributed by atoms with van der Waals surface area (Å²) in [4.78, 5) is 11.8. The van der Waals surface area contributed by atoms with Crippen LogP contribution in [0.4, 0.5) is 4.79 Å². The molecule has 1 N–H and O–H groups in total. The summed E-state index contributed by atoms with van der Waals surface area (Å²) < 4.78 is 5.31. The van der Waals surface area contributed by atoms with Crippen LogP contribution in [0, 0.1) is 11.5 Å². The van der Waals surface area contributed by atoms with Gasteiger partial charge in [0.15, 0.2) is 0 Å². The fourth-order valence-electron chi connectivity index (χ4n) is 1.59. The summed E-state index contributed by atoms with van der Waals surface area (Å²) in [5.41, 5.74) is 2.89. The van der Waals surface area contributed by atoms with Gasteiger partial charge in [0.2, 0.25) is 0 Å². The van der Waals surface area contributed by atoms with Crippen molar-refractivity contribution in [1.29, 1.82) is 0 Å². The van der Waals surface area contributed by atoms with Crippen LogP contribution in [0.5, 0.6) is 0 Å². The Labute approximate surface area is 125 Å². The molecular weight excluding hydrogens is 266 g/mol. The number of amides is 1. The number of carbonyl (C=O) groups is 1. The second kappa shape index (κ2) is 8.36. The fraction of sp³-hybridized carbons (Fsp3) is 0.812. The zero-order valence-electron chi connectivity index (χ0n) is 14.2. The van der Waals surface area contributed by atoms with Crippen molar-refractivity contribution < 1.29 is 9.53 Å². The van der Waals surface area contributed by atoms with Gasteiger partial charge in [-0.05, 0) is 27.2 Å². The normalized spacial score (nSPS) is 13.2. The molecule has 0 spiro atoms. The lowest BCUT2D eigenvalue weighted by molar-refractivity contribution is 0.0502. The van der Waals surface area contributed by atoms with Gasteiger partial charge in [0.25, 0.3) is 0 Å². The molecule has 0 aromatic rings. The molecular formula is C16H31NO2Si. The van der Waals surface area contributed by atoms with Crippen molar-refractivity contribution in [3.8, 4) is 11.5 Å². The maximum Gasteiger partial charge on any atom is 0.407 e. The summed E-state index contributed by atoms with van der Waals surface area (Å²) >= 11 is 0. The van der Waals surface area contributed by atoms with Crippen LogP contribution in [-0.4, -0.2) is 25.8 Å². The Balaban J connectivity index is 4.48. The molecule has 0 aliphatic carbocycles. The maximum atomic E-state index is 11.8. The third kappa shape index (κ3) is 12.1. The Morgan fingerprint density at radius 2 is 1.90 bits per heavy atom. The molecule has 0 aromatic carbocycles. The Kier molecular flexibility index (Phi) is 7.96. The molecule has 0 saturated carbocycles. The first-order valence-electron chi connectivity index (χ1n) is 7.53. The van der Waals surface area contributed by atoms with E-state index in [1.807, 2.05) is 20.8 Å². The average Bonchev–Trinajstić information content (AvgIpc) is 2.21. The van der Waals surface area contributed by atoms with E-state index in [0.29, 0.717) is 6.42 Å². The van der Waals surface area contributed by atoms with Crippen molar-refractivity contribution in [2.75, 3.05) is 0 Å². The molecule has 116 valence electrons. The van der Waals surface area contributed by atoms with E-state index >= 15 is 0 Å². The van der Waals surface area contributed by atoms with E-state index in [-0.39, 0.29) is 12.1 Å². The van der Waals surface area contributed by atoms with Crippen LogP contribution in [0.25, 0.3) is 0 Å². The monoisotopic (exact) mass is 297 g/mol. The highest BCUT2D eigenvalue weighted by Crippen LogP contribution is 2.09. The number of rotatable bonds is 5.